The zero-order chi connectivity index (χ0) is 42.8. The molecule has 14 nitrogen and oxygen atoms in total. The second-order valence-corrected chi connectivity index (χ2v) is 16.9. The Hall–Kier alpha value is -6.62. The molecule has 0 unspecified atom stereocenters. The highest BCUT2D eigenvalue weighted by atomic mass is 16.5. The maximum atomic E-state index is 14.1. The average Bonchev–Trinajstić information content (AvgIpc) is 3.77. The molecule has 0 radical (unpaired) electrons. The standard InChI is InChI=1S/C47H52N8O6/c1-28(2)39(52-45(58)60-4)43(56)55-27-47(21-22-47)25-38(55)42-49-34-20-17-31(24-35(34)50-42)14-13-30-15-18-33(19-16-30)36-26-48-41(51-36)37-12-9-23-54(37)44(57)40(53-46(59)61-5)29(3)32-10-7-6-8-11-32/h6-8,10-11,15-20,24,26,28-29,37-40H,9,12,21-23,25,27H2,1-5H3,(H,48,51)(H,49,50)(H,52,58)(H,53,59)/t29-,37+,38+,39+,40-/m1/s1. The number of ether oxygens (including phenoxy) is 2. The molecule has 5 atom stereocenters. The number of benzene rings is 3. The van der Waals surface area contributed by atoms with E-state index in [0.717, 1.165) is 76.9 Å². The number of carbonyl (C=O) groups is 4. The van der Waals surface area contributed by atoms with Gasteiger partial charge in [0.15, 0.2) is 0 Å². The van der Waals surface area contributed by atoms with Crippen LogP contribution in [0.15, 0.2) is 79.0 Å². The van der Waals surface area contributed by atoms with E-state index in [9.17, 15) is 19.2 Å². The first-order valence-corrected chi connectivity index (χ1v) is 21.0. The summed E-state index contributed by atoms with van der Waals surface area (Å²) in [6.45, 7) is 6.96. The van der Waals surface area contributed by atoms with Crippen molar-refractivity contribution in [1.29, 1.82) is 0 Å². The molecule has 1 spiro atoms. The molecule has 14 heteroatoms. The van der Waals surface area contributed by atoms with E-state index in [1.165, 1.54) is 14.2 Å². The highest BCUT2D eigenvalue weighted by Crippen LogP contribution is 2.58. The van der Waals surface area contributed by atoms with E-state index < -0.39 is 24.3 Å². The Kier molecular flexibility index (Phi) is 11.6. The third-order valence-electron chi connectivity index (χ3n) is 12.5. The van der Waals surface area contributed by atoms with E-state index in [1.54, 1.807) is 6.20 Å². The first-order valence-electron chi connectivity index (χ1n) is 21.0. The van der Waals surface area contributed by atoms with Crippen molar-refractivity contribution in [2.24, 2.45) is 11.3 Å². The molecule has 61 heavy (non-hydrogen) atoms. The molecule has 0 bridgehead atoms. The van der Waals surface area contributed by atoms with Crippen molar-refractivity contribution in [2.45, 2.75) is 83.0 Å². The van der Waals surface area contributed by atoms with Gasteiger partial charge in [0.2, 0.25) is 11.8 Å². The third-order valence-corrected chi connectivity index (χ3v) is 12.5. The number of hydrogen-bond acceptors (Lipinski definition) is 8. The highest BCUT2D eigenvalue weighted by Gasteiger charge is 2.55. The Morgan fingerprint density at radius 2 is 1.48 bits per heavy atom. The zero-order valence-corrected chi connectivity index (χ0v) is 35.2. The number of hydrogen-bond donors (Lipinski definition) is 4. The van der Waals surface area contributed by atoms with Gasteiger partial charge in [-0.15, -0.1) is 0 Å². The number of H-pyrrole nitrogens is 2. The summed E-state index contributed by atoms with van der Waals surface area (Å²) in [6.07, 6.45) is 5.05. The smallest absolute Gasteiger partial charge is 0.407 e. The van der Waals surface area contributed by atoms with Gasteiger partial charge in [-0.2, -0.15) is 0 Å². The molecule has 4 heterocycles. The monoisotopic (exact) mass is 824 g/mol. The van der Waals surface area contributed by atoms with Crippen molar-refractivity contribution in [1.82, 2.24) is 40.4 Å². The second-order valence-electron chi connectivity index (χ2n) is 16.9. The predicted molar refractivity (Wildman–Crippen MR) is 229 cm³/mol. The maximum absolute atomic E-state index is 14.1. The number of carbonyl (C=O) groups excluding carboxylic acids is 4. The fraction of sp³-hybridized carbons (Fsp3) is 0.404. The Labute approximate surface area is 355 Å². The number of methoxy groups -OCH3 is 2. The van der Waals surface area contributed by atoms with Crippen LogP contribution in [-0.2, 0) is 19.1 Å². The van der Waals surface area contributed by atoms with Crippen molar-refractivity contribution in [3.63, 3.8) is 0 Å². The topological polar surface area (TPSA) is 175 Å². The number of imidazole rings is 2. The zero-order valence-electron chi connectivity index (χ0n) is 35.2. The number of aromatic amines is 2. The van der Waals surface area contributed by atoms with Crippen LogP contribution in [0.5, 0.6) is 0 Å². The molecule has 3 aromatic carbocycles. The maximum Gasteiger partial charge on any atom is 0.407 e. The lowest BCUT2D eigenvalue weighted by Crippen LogP contribution is -2.51. The van der Waals surface area contributed by atoms with Crippen molar-refractivity contribution in [2.75, 3.05) is 27.3 Å². The lowest BCUT2D eigenvalue weighted by atomic mass is 9.92. The van der Waals surface area contributed by atoms with E-state index in [-0.39, 0.29) is 41.1 Å². The van der Waals surface area contributed by atoms with Gasteiger partial charge in [0.25, 0.3) is 0 Å². The highest BCUT2D eigenvalue weighted by molar-refractivity contribution is 5.88. The van der Waals surface area contributed by atoms with Crippen molar-refractivity contribution < 1.29 is 28.7 Å². The third kappa shape index (κ3) is 8.68. The normalized spacial score (nSPS) is 19.2. The molecule has 4 amide bonds. The number of fused-ring (bicyclic) bond motifs is 1. The van der Waals surface area contributed by atoms with Gasteiger partial charge in [-0.05, 0) is 84.9 Å². The molecule has 2 saturated heterocycles. The van der Waals surface area contributed by atoms with Gasteiger partial charge < -0.3 is 39.9 Å². The van der Waals surface area contributed by atoms with Crippen LogP contribution in [0.4, 0.5) is 9.59 Å². The summed E-state index contributed by atoms with van der Waals surface area (Å²) in [6, 6.07) is 21.5. The summed E-state index contributed by atoms with van der Waals surface area (Å²) in [5.41, 5.74) is 6.10. The predicted octanol–water partition coefficient (Wildman–Crippen LogP) is 6.98. The number of alkyl carbamates (subject to hydrolysis) is 2. The number of rotatable bonds is 10. The van der Waals surface area contributed by atoms with Gasteiger partial charge in [-0.25, -0.2) is 19.6 Å². The van der Waals surface area contributed by atoms with Gasteiger partial charge >= 0.3 is 12.2 Å². The molecular weight excluding hydrogens is 773 g/mol. The summed E-state index contributed by atoms with van der Waals surface area (Å²) >= 11 is 0. The molecule has 2 aromatic heterocycles. The van der Waals surface area contributed by atoms with E-state index in [2.05, 4.69) is 32.4 Å². The number of likely N-dealkylation sites (tertiary alicyclic amines) is 2. The van der Waals surface area contributed by atoms with Crippen LogP contribution in [0.3, 0.4) is 0 Å². The molecule has 1 saturated carbocycles. The van der Waals surface area contributed by atoms with Crippen LogP contribution >= 0.6 is 0 Å². The van der Waals surface area contributed by atoms with Gasteiger partial charge in [0, 0.05) is 30.1 Å². The van der Waals surface area contributed by atoms with Crippen LogP contribution in [0, 0.1) is 23.2 Å². The van der Waals surface area contributed by atoms with Crippen molar-refractivity contribution in [3.05, 3.63) is 107 Å². The van der Waals surface area contributed by atoms with Gasteiger partial charge in [0.05, 0.1) is 49.2 Å². The number of amides is 4. The Balaban J connectivity index is 0.946. The van der Waals surface area contributed by atoms with Crippen LogP contribution < -0.4 is 10.6 Å². The minimum absolute atomic E-state index is 0.104. The van der Waals surface area contributed by atoms with Crippen molar-refractivity contribution >= 4 is 35.0 Å². The Bertz CT molecular complexity index is 2480. The average molecular weight is 825 g/mol. The molecule has 3 aliphatic rings. The van der Waals surface area contributed by atoms with E-state index in [0.29, 0.717) is 18.9 Å². The lowest BCUT2D eigenvalue weighted by molar-refractivity contribution is -0.136. The second kappa shape index (κ2) is 17.2. The first kappa shape index (κ1) is 41.1. The molecule has 2 aliphatic heterocycles. The van der Waals surface area contributed by atoms with E-state index >= 15 is 0 Å². The molecule has 3 fully saturated rings. The number of nitrogens with one attached hydrogen (secondary N) is 4. The van der Waals surface area contributed by atoms with Crippen molar-refractivity contribution in [3.8, 4) is 23.1 Å². The van der Waals surface area contributed by atoms with Crippen LogP contribution in [-0.4, -0.2) is 93.1 Å². The summed E-state index contributed by atoms with van der Waals surface area (Å²) < 4.78 is 9.70. The minimum Gasteiger partial charge on any atom is -0.453 e. The molecule has 4 N–H and O–H groups in total. The first-order chi connectivity index (χ1) is 29.5. The molecular formula is C47H52N8O6. The fourth-order valence-electron chi connectivity index (χ4n) is 8.77. The summed E-state index contributed by atoms with van der Waals surface area (Å²) in [7, 11) is 2.59. The number of aromatic nitrogens is 4. The Morgan fingerprint density at radius 3 is 2.16 bits per heavy atom. The van der Waals surface area contributed by atoms with Crippen LogP contribution in [0.25, 0.3) is 22.3 Å². The van der Waals surface area contributed by atoms with Crippen LogP contribution in [0.2, 0.25) is 0 Å². The summed E-state index contributed by atoms with van der Waals surface area (Å²) in [5, 5.41) is 5.53. The SMILES string of the molecule is COC(=O)N[C@H](C(=O)N1CC2(CC2)C[C@H]1c1nc2ccc(C#Cc3ccc(-c4cnc([C@@H]5CCCN5C(=O)[C@H](NC(=O)OC)[C@H](C)c5ccccc5)[nH]4)cc3)cc2[nH]1)C(C)C. The Morgan fingerprint density at radius 1 is 0.803 bits per heavy atom. The van der Waals surface area contributed by atoms with E-state index in [1.807, 2.05) is 103 Å². The minimum atomic E-state index is -0.811. The summed E-state index contributed by atoms with van der Waals surface area (Å²) in [4.78, 5) is 72.7. The quantitative estimate of drug-likeness (QED) is 0.109. The molecule has 316 valence electrons. The van der Waals surface area contributed by atoms with Gasteiger partial charge in [0.1, 0.15) is 23.7 Å². The lowest BCUT2D eigenvalue weighted by Gasteiger charge is -2.31. The number of nitrogens with zero attached hydrogens (tertiary/aromatic N) is 4. The summed E-state index contributed by atoms with van der Waals surface area (Å²) in [5.74, 6) is 7.29. The van der Waals surface area contributed by atoms with Crippen LogP contribution in [0.1, 0.15) is 99.2 Å². The van der Waals surface area contributed by atoms with Gasteiger partial charge in [-0.1, -0.05) is 75.1 Å². The molecule has 5 aromatic rings. The van der Waals surface area contributed by atoms with Gasteiger partial charge in [-0.3, -0.25) is 9.59 Å². The molecule has 1 aliphatic carbocycles. The largest absolute Gasteiger partial charge is 0.453 e. The van der Waals surface area contributed by atoms with E-state index in [4.69, 9.17) is 19.4 Å². The fourth-order valence-corrected chi connectivity index (χ4v) is 8.77. The molecule has 8 rings (SSSR count).